The maximum absolute atomic E-state index is 12.9. The summed E-state index contributed by atoms with van der Waals surface area (Å²) in [6.45, 7) is 4.26. The molecule has 0 saturated heterocycles. The summed E-state index contributed by atoms with van der Waals surface area (Å²) >= 11 is 0. The molecule has 0 radical (unpaired) electrons. The molecule has 9 heteroatoms. The van der Waals surface area contributed by atoms with Crippen LogP contribution in [0.5, 0.6) is 0 Å². The van der Waals surface area contributed by atoms with E-state index < -0.39 is 20.0 Å². The van der Waals surface area contributed by atoms with Crippen molar-refractivity contribution in [2.75, 3.05) is 19.8 Å². The molecule has 3 atom stereocenters. The Hall–Kier alpha value is -0.500. The smallest absolute Gasteiger partial charge is 0.391 e. The highest BCUT2D eigenvalue weighted by molar-refractivity contribution is 7.47. The van der Waals surface area contributed by atoms with E-state index in [-0.39, 0.29) is 25.7 Å². The predicted octanol–water partition coefficient (Wildman–Crippen LogP) is 15.7. The van der Waals surface area contributed by atoms with Crippen molar-refractivity contribution < 1.29 is 28.4 Å². The van der Waals surface area contributed by atoms with Crippen LogP contribution in [0.15, 0.2) is 0 Å². The molecule has 0 aromatic carbocycles. The lowest BCUT2D eigenvalue weighted by atomic mass is 10.0. The van der Waals surface area contributed by atoms with Gasteiger partial charge in [0.15, 0.2) is 0 Å². The van der Waals surface area contributed by atoms with E-state index in [1.807, 2.05) is 0 Å². The molecule has 1 amide bonds. The van der Waals surface area contributed by atoms with Crippen molar-refractivity contribution in [2.24, 2.45) is 5.73 Å². The molecule has 0 saturated carbocycles. The lowest BCUT2D eigenvalue weighted by molar-refractivity contribution is -0.123. The van der Waals surface area contributed by atoms with E-state index in [4.69, 9.17) is 14.8 Å². The third-order valence-electron chi connectivity index (χ3n) is 12.5. The second kappa shape index (κ2) is 48.0. The molecule has 0 heterocycles. The highest BCUT2D eigenvalue weighted by Gasteiger charge is 2.27. The van der Waals surface area contributed by atoms with Gasteiger partial charge in [-0.1, -0.05) is 271 Å². The standard InChI is InChI=1S/C51H105N2O6P/c1-3-5-7-9-11-13-15-17-19-21-22-23-24-25-26-27-28-29-31-33-35-37-39-41-43-45-51(55)53-49(48-59-60(56,57)58-47-46-52)50(54)44-42-40-38-36-34-32-30-20-18-16-14-12-10-8-6-4-2/h49-50,54H,3-48,52H2,1-2H3,(H,53,55)(H,56,57)/t49-,50+/m0/s1. The lowest BCUT2D eigenvalue weighted by Gasteiger charge is -2.25. The zero-order chi connectivity index (χ0) is 43.9. The van der Waals surface area contributed by atoms with Gasteiger partial charge in [0.05, 0.1) is 25.4 Å². The molecule has 0 spiro atoms. The van der Waals surface area contributed by atoms with Gasteiger partial charge in [0.2, 0.25) is 5.91 Å². The summed E-state index contributed by atoms with van der Waals surface area (Å²) < 4.78 is 22.3. The third-order valence-corrected chi connectivity index (χ3v) is 13.4. The average Bonchev–Trinajstić information content (AvgIpc) is 3.24. The zero-order valence-electron chi connectivity index (χ0n) is 40.2. The van der Waals surface area contributed by atoms with E-state index in [1.54, 1.807) is 0 Å². The van der Waals surface area contributed by atoms with E-state index in [1.165, 1.54) is 225 Å². The van der Waals surface area contributed by atoms with Crippen molar-refractivity contribution in [3.63, 3.8) is 0 Å². The van der Waals surface area contributed by atoms with Gasteiger partial charge in [-0.05, 0) is 12.8 Å². The molecule has 0 bridgehead atoms. The number of carbonyl (C=O) groups is 1. The summed E-state index contributed by atoms with van der Waals surface area (Å²) in [5.74, 6) is -0.153. The number of hydrogen-bond acceptors (Lipinski definition) is 6. The van der Waals surface area contributed by atoms with Crippen molar-refractivity contribution >= 4 is 13.7 Å². The van der Waals surface area contributed by atoms with Crippen LogP contribution >= 0.6 is 7.82 Å². The lowest BCUT2D eigenvalue weighted by Crippen LogP contribution is -2.46. The molecular weight excluding hydrogens is 768 g/mol. The molecule has 360 valence electrons. The van der Waals surface area contributed by atoms with Crippen molar-refractivity contribution in [3.05, 3.63) is 0 Å². The highest BCUT2D eigenvalue weighted by atomic mass is 31.2. The van der Waals surface area contributed by atoms with Crippen molar-refractivity contribution in [1.29, 1.82) is 0 Å². The molecule has 1 unspecified atom stereocenters. The van der Waals surface area contributed by atoms with Crippen LogP contribution in [-0.4, -0.2) is 47.8 Å². The van der Waals surface area contributed by atoms with Crippen LogP contribution in [-0.2, 0) is 18.4 Å². The van der Waals surface area contributed by atoms with Crippen molar-refractivity contribution in [1.82, 2.24) is 5.32 Å². The molecule has 8 nitrogen and oxygen atoms in total. The average molecular weight is 873 g/mol. The Balaban J connectivity index is 3.93. The van der Waals surface area contributed by atoms with Crippen LogP contribution in [0.25, 0.3) is 0 Å². The van der Waals surface area contributed by atoms with Crippen LogP contribution < -0.4 is 11.1 Å². The first kappa shape index (κ1) is 59.5. The Kier molecular flexibility index (Phi) is 47.6. The molecule has 5 N–H and O–H groups in total. The van der Waals surface area contributed by atoms with Gasteiger partial charge in [-0.2, -0.15) is 0 Å². The van der Waals surface area contributed by atoms with Gasteiger partial charge in [-0.3, -0.25) is 13.8 Å². The van der Waals surface area contributed by atoms with Crippen molar-refractivity contribution in [3.8, 4) is 0 Å². The monoisotopic (exact) mass is 873 g/mol. The number of amides is 1. The Morgan fingerprint density at radius 2 is 0.767 bits per heavy atom. The number of rotatable bonds is 51. The first-order valence-electron chi connectivity index (χ1n) is 26.7. The number of hydrogen-bond donors (Lipinski definition) is 4. The van der Waals surface area contributed by atoms with Gasteiger partial charge in [0, 0.05) is 13.0 Å². The zero-order valence-corrected chi connectivity index (χ0v) is 41.1. The molecule has 0 aromatic heterocycles. The SMILES string of the molecule is CCCCCCCCCCCCCCCCCCCCCCCCCCCC(=O)N[C@@H](COP(=O)(O)OCCN)[C@H](O)CCCCCCCCCCCCCCCCCC. The minimum absolute atomic E-state index is 0.0928. The maximum Gasteiger partial charge on any atom is 0.472 e. The quantitative estimate of drug-likeness (QED) is 0.0354. The topological polar surface area (TPSA) is 131 Å². The van der Waals surface area contributed by atoms with E-state index in [0.29, 0.717) is 12.8 Å². The van der Waals surface area contributed by atoms with E-state index in [0.717, 1.165) is 38.5 Å². The molecule has 0 rings (SSSR count). The number of aliphatic hydroxyl groups is 1. The van der Waals surface area contributed by atoms with Gasteiger partial charge in [0.1, 0.15) is 0 Å². The fourth-order valence-corrected chi connectivity index (χ4v) is 9.19. The van der Waals surface area contributed by atoms with Crippen LogP contribution in [0.1, 0.15) is 290 Å². The number of nitrogens with two attached hydrogens (primary N) is 1. The van der Waals surface area contributed by atoms with Gasteiger partial charge in [-0.15, -0.1) is 0 Å². The molecule has 0 fully saturated rings. The molecule has 0 aliphatic heterocycles. The fraction of sp³-hybridized carbons (Fsp3) is 0.980. The largest absolute Gasteiger partial charge is 0.472 e. The van der Waals surface area contributed by atoms with Gasteiger partial charge in [-0.25, -0.2) is 4.57 Å². The number of aliphatic hydroxyl groups excluding tert-OH is 1. The normalized spacial score (nSPS) is 13.8. The van der Waals surface area contributed by atoms with Gasteiger partial charge >= 0.3 is 7.82 Å². The van der Waals surface area contributed by atoms with E-state index in [2.05, 4.69) is 19.2 Å². The first-order chi connectivity index (χ1) is 29.4. The molecule has 0 aromatic rings. The maximum atomic E-state index is 12.9. The number of phosphoric acid groups is 1. The fourth-order valence-electron chi connectivity index (χ4n) is 8.44. The molecule has 0 aliphatic carbocycles. The summed E-state index contributed by atoms with van der Waals surface area (Å²) in [5, 5.41) is 13.9. The number of nitrogens with one attached hydrogen (secondary N) is 1. The number of carbonyl (C=O) groups excluding carboxylic acids is 1. The minimum atomic E-state index is -4.31. The third kappa shape index (κ3) is 45.5. The van der Waals surface area contributed by atoms with Crippen molar-refractivity contribution in [2.45, 2.75) is 302 Å². The van der Waals surface area contributed by atoms with Gasteiger partial charge < -0.3 is 21.1 Å². The Bertz CT molecular complexity index is 911. The molecule has 0 aliphatic rings. The van der Waals surface area contributed by atoms with E-state index >= 15 is 0 Å². The minimum Gasteiger partial charge on any atom is -0.391 e. The second-order valence-electron chi connectivity index (χ2n) is 18.5. The Labute approximate surface area is 373 Å². The predicted molar refractivity (Wildman–Crippen MR) is 259 cm³/mol. The van der Waals surface area contributed by atoms with E-state index in [9.17, 15) is 19.4 Å². The number of phosphoric ester groups is 1. The second-order valence-corrected chi connectivity index (χ2v) is 19.9. The Morgan fingerprint density at radius 3 is 1.07 bits per heavy atom. The van der Waals surface area contributed by atoms with Crippen LogP contribution in [0.2, 0.25) is 0 Å². The summed E-state index contributed by atoms with van der Waals surface area (Å²) in [6, 6.07) is -0.769. The first-order valence-corrected chi connectivity index (χ1v) is 28.1. The van der Waals surface area contributed by atoms with Crippen LogP contribution in [0.4, 0.5) is 0 Å². The number of unbranched alkanes of at least 4 members (excludes halogenated alkanes) is 39. The summed E-state index contributed by atoms with van der Waals surface area (Å²) in [7, 11) is -4.31. The molecular formula is C51H105N2O6P. The molecule has 60 heavy (non-hydrogen) atoms. The van der Waals surface area contributed by atoms with Gasteiger partial charge in [0.25, 0.3) is 0 Å². The van der Waals surface area contributed by atoms with Crippen LogP contribution in [0, 0.1) is 0 Å². The highest BCUT2D eigenvalue weighted by Crippen LogP contribution is 2.43. The summed E-state index contributed by atoms with van der Waals surface area (Å²) in [6.07, 6.45) is 54.2. The summed E-state index contributed by atoms with van der Waals surface area (Å²) in [4.78, 5) is 22.9. The summed E-state index contributed by atoms with van der Waals surface area (Å²) in [5.41, 5.74) is 5.40. The van der Waals surface area contributed by atoms with Crippen LogP contribution in [0.3, 0.4) is 0 Å². The Morgan fingerprint density at radius 1 is 0.483 bits per heavy atom.